The highest BCUT2D eigenvalue weighted by Crippen LogP contribution is 2.30. The number of sulfonamides is 1. The van der Waals surface area contributed by atoms with Gasteiger partial charge in [0, 0.05) is 51.6 Å². The number of piperazine rings is 1. The quantitative estimate of drug-likeness (QED) is 0.328. The first-order chi connectivity index (χ1) is 21.3. The monoisotopic (exact) mass is 650 g/mol. The Morgan fingerprint density at radius 3 is 2.02 bits per heavy atom. The number of rotatable bonds is 8. The number of carbonyl (C=O) groups is 2. The van der Waals surface area contributed by atoms with Gasteiger partial charge in [-0.15, -0.1) is 0 Å². The number of amides is 1. The van der Waals surface area contributed by atoms with Crippen molar-refractivity contribution in [2.75, 3.05) is 49.5 Å². The van der Waals surface area contributed by atoms with Crippen LogP contribution in [0, 0.1) is 11.8 Å². The van der Waals surface area contributed by atoms with Crippen LogP contribution in [0.5, 0.6) is 0 Å². The maximum atomic E-state index is 12.5. The van der Waals surface area contributed by atoms with Crippen molar-refractivity contribution in [1.82, 2.24) is 19.6 Å². The summed E-state index contributed by atoms with van der Waals surface area (Å²) in [5.41, 5.74) is 0.906. The molecule has 1 saturated heterocycles. The zero-order valence-electron chi connectivity index (χ0n) is 24.8. The van der Waals surface area contributed by atoms with Crippen molar-refractivity contribution in [2.24, 2.45) is 11.8 Å². The third kappa shape index (κ3) is 9.50. The molecule has 0 unspecified atom stereocenters. The highest BCUT2D eigenvalue weighted by molar-refractivity contribution is 7.89. The largest absolute Gasteiger partial charge is 0.490 e. The van der Waals surface area contributed by atoms with E-state index in [2.05, 4.69) is 21.0 Å². The average Bonchev–Trinajstić information content (AvgIpc) is 3.03. The van der Waals surface area contributed by atoms with Crippen LogP contribution in [0.1, 0.15) is 32.6 Å². The van der Waals surface area contributed by atoms with Crippen molar-refractivity contribution >= 4 is 44.6 Å². The third-order valence-electron chi connectivity index (χ3n) is 7.98. The highest BCUT2D eigenvalue weighted by atomic mass is 32.2. The minimum absolute atomic E-state index is 0.114. The standard InChI is InChI=1S/C28H36N6O3S.C2HF3O2/c1-21(35)33-15-17-34(18-16-33)27-25-9-5-6-10-26(25)31-28(32-27)29-19-22-11-13-23(14-12-22)20-30-38(36,37)24-7-3-2-4-8-24;3-2(4,5)1(6)7/h2-10,22-23,30H,11-20H2,1H3,(H,29,31,32);(H,6,7). The van der Waals surface area contributed by atoms with Crippen molar-refractivity contribution in [1.29, 1.82) is 0 Å². The van der Waals surface area contributed by atoms with Crippen LogP contribution >= 0.6 is 0 Å². The van der Waals surface area contributed by atoms with Crippen LogP contribution in [0.25, 0.3) is 10.9 Å². The topological polar surface area (TPSA) is 145 Å². The maximum Gasteiger partial charge on any atom is 0.490 e. The van der Waals surface area contributed by atoms with Crippen LogP contribution in [0.2, 0.25) is 0 Å². The van der Waals surface area contributed by atoms with Gasteiger partial charge in [-0.3, -0.25) is 4.79 Å². The number of halogens is 3. The van der Waals surface area contributed by atoms with E-state index in [4.69, 9.17) is 19.9 Å². The lowest BCUT2D eigenvalue weighted by atomic mass is 9.82. The van der Waals surface area contributed by atoms with Gasteiger partial charge in [-0.05, 0) is 61.8 Å². The van der Waals surface area contributed by atoms with Gasteiger partial charge in [0.1, 0.15) is 5.82 Å². The van der Waals surface area contributed by atoms with Crippen molar-refractivity contribution < 1.29 is 36.3 Å². The molecular formula is C30H37F3N6O5S. The summed E-state index contributed by atoms with van der Waals surface area (Å²) in [6.07, 6.45) is -1.02. The summed E-state index contributed by atoms with van der Waals surface area (Å²) in [5, 5.41) is 11.6. The van der Waals surface area contributed by atoms with Crippen molar-refractivity contribution in [3.05, 3.63) is 54.6 Å². The maximum absolute atomic E-state index is 12.5. The summed E-state index contributed by atoms with van der Waals surface area (Å²) in [5.74, 6) is -0.256. The van der Waals surface area contributed by atoms with Crippen LogP contribution in [-0.2, 0) is 19.6 Å². The van der Waals surface area contributed by atoms with E-state index in [9.17, 15) is 26.4 Å². The molecule has 0 radical (unpaired) electrons. The Hall–Kier alpha value is -3.98. The first-order valence-electron chi connectivity index (χ1n) is 14.7. The van der Waals surface area contributed by atoms with E-state index >= 15 is 0 Å². The van der Waals surface area contributed by atoms with Crippen LogP contribution in [-0.4, -0.2) is 85.7 Å². The van der Waals surface area contributed by atoms with Gasteiger partial charge < -0.3 is 20.2 Å². The van der Waals surface area contributed by atoms with Gasteiger partial charge in [-0.25, -0.2) is 22.9 Å². The van der Waals surface area contributed by atoms with Gasteiger partial charge in [0.2, 0.25) is 21.9 Å². The Morgan fingerprint density at radius 2 is 1.44 bits per heavy atom. The fraction of sp³-hybridized carbons (Fsp3) is 0.467. The molecule has 1 amide bonds. The number of alkyl halides is 3. The second-order valence-electron chi connectivity index (χ2n) is 11.1. The second-order valence-corrected chi connectivity index (χ2v) is 12.9. The lowest BCUT2D eigenvalue weighted by molar-refractivity contribution is -0.192. The number of carboxylic acid groups (broad SMARTS) is 1. The zero-order chi connectivity index (χ0) is 32.6. The molecule has 244 valence electrons. The molecule has 2 aliphatic rings. The Labute approximate surface area is 259 Å². The van der Waals surface area contributed by atoms with Gasteiger partial charge in [-0.2, -0.15) is 18.2 Å². The molecule has 11 nitrogen and oxygen atoms in total. The number of nitrogens with one attached hydrogen (secondary N) is 2. The van der Waals surface area contributed by atoms with Crippen LogP contribution in [0.3, 0.4) is 0 Å². The van der Waals surface area contributed by atoms with E-state index in [1.165, 1.54) is 0 Å². The van der Waals surface area contributed by atoms with Gasteiger partial charge >= 0.3 is 12.1 Å². The first kappa shape index (κ1) is 33.9. The van der Waals surface area contributed by atoms with E-state index in [1.54, 1.807) is 31.2 Å². The molecule has 1 aromatic heterocycles. The molecule has 2 heterocycles. The van der Waals surface area contributed by atoms with E-state index in [0.29, 0.717) is 42.3 Å². The van der Waals surface area contributed by atoms with Gasteiger partial charge in [0.05, 0.1) is 10.4 Å². The molecule has 5 rings (SSSR count). The number of fused-ring (bicyclic) bond motifs is 1. The number of carboxylic acids is 1. The Morgan fingerprint density at radius 1 is 0.889 bits per heavy atom. The number of carbonyl (C=O) groups excluding carboxylic acids is 1. The average molecular weight is 651 g/mol. The predicted octanol–water partition coefficient (Wildman–Crippen LogP) is 4.13. The minimum atomic E-state index is -5.08. The Kier molecular flexibility index (Phi) is 11.2. The molecule has 1 aliphatic heterocycles. The summed E-state index contributed by atoms with van der Waals surface area (Å²) in [7, 11) is -3.46. The fourth-order valence-corrected chi connectivity index (χ4v) is 6.54. The molecular weight excluding hydrogens is 613 g/mol. The Bertz CT molecular complexity index is 1560. The van der Waals surface area contributed by atoms with Gasteiger partial charge in [0.15, 0.2) is 0 Å². The SMILES string of the molecule is CC(=O)N1CCN(c2nc(NCC3CCC(CNS(=O)(=O)c4ccccc4)CC3)nc3ccccc23)CC1.O=C(O)C(F)(F)F. The summed E-state index contributed by atoms with van der Waals surface area (Å²) < 4.78 is 59.6. The molecule has 1 aliphatic carbocycles. The normalized spacial score (nSPS) is 19.0. The number of hydrogen-bond donors (Lipinski definition) is 3. The molecule has 1 saturated carbocycles. The lowest BCUT2D eigenvalue weighted by Crippen LogP contribution is -2.48. The summed E-state index contributed by atoms with van der Waals surface area (Å²) >= 11 is 0. The molecule has 3 N–H and O–H groups in total. The number of para-hydroxylation sites is 1. The Balaban J connectivity index is 0.000000591. The number of nitrogens with zero attached hydrogens (tertiary/aromatic N) is 4. The third-order valence-corrected chi connectivity index (χ3v) is 9.42. The summed E-state index contributed by atoms with van der Waals surface area (Å²) in [4.78, 5) is 34.7. The summed E-state index contributed by atoms with van der Waals surface area (Å²) in [6.45, 7) is 5.77. The second kappa shape index (κ2) is 14.9. The molecule has 45 heavy (non-hydrogen) atoms. The molecule has 0 bridgehead atoms. The number of aliphatic carboxylic acids is 1. The van der Waals surface area contributed by atoms with Gasteiger partial charge in [0.25, 0.3) is 0 Å². The first-order valence-corrected chi connectivity index (χ1v) is 16.2. The molecule has 0 atom stereocenters. The smallest absolute Gasteiger partial charge is 0.475 e. The minimum Gasteiger partial charge on any atom is -0.475 e. The van der Waals surface area contributed by atoms with Crippen LogP contribution in [0.15, 0.2) is 59.5 Å². The molecule has 2 fully saturated rings. The van der Waals surface area contributed by atoms with E-state index in [-0.39, 0.29) is 5.91 Å². The fourth-order valence-electron chi connectivity index (χ4n) is 5.40. The number of benzene rings is 2. The van der Waals surface area contributed by atoms with Gasteiger partial charge in [-0.1, -0.05) is 30.3 Å². The number of anilines is 2. The zero-order valence-corrected chi connectivity index (χ0v) is 25.6. The van der Waals surface area contributed by atoms with Crippen molar-refractivity contribution in [2.45, 2.75) is 43.7 Å². The predicted molar refractivity (Wildman–Crippen MR) is 163 cm³/mol. The molecule has 0 spiro atoms. The van der Waals surface area contributed by atoms with Crippen LogP contribution < -0.4 is 14.9 Å². The number of aromatic nitrogens is 2. The van der Waals surface area contributed by atoms with Crippen molar-refractivity contribution in [3.63, 3.8) is 0 Å². The molecule has 15 heteroatoms. The molecule has 3 aromatic rings. The lowest BCUT2D eigenvalue weighted by Gasteiger charge is -2.35. The summed E-state index contributed by atoms with van der Waals surface area (Å²) in [6, 6.07) is 16.6. The van der Waals surface area contributed by atoms with E-state index in [0.717, 1.165) is 62.0 Å². The van der Waals surface area contributed by atoms with Crippen molar-refractivity contribution in [3.8, 4) is 0 Å². The number of hydrogen-bond acceptors (Lipinski definition) is 8. The molecule has 2 aromatic carbocycles. The van der Waals surface area contributed by atoms with E-state index in [1.807, 2.05) is 29.2 Å². The highest BCUT2D eigenvalue weighted by Gasteiger charge is 2.38. The van der Waals surface area contributed by atoms with E-state index < -0.39 is 22.2 Å². The van der Waals surface area contributed by atoms with Crippen LogP contribution in [0.4, 0.5) is 24.9 Å².